The zero-order valence-electron chi connectivity index (χ0n) is 5.95. The van der Waals surface area contributed by atoms with E-state index in [-0.39, 0.29) is 0 Å². The maximum absolute atomic E-state index is 5.21. The molecule has 0 aliphatic rings. The van der Waals surface area contributed by atoms with E-state index in [2.05, 4.69) is 30.3 Å². The maximum Gasteiger partial charge on any atom is 0.182 e. The lowest BCUT2D eigenvalue weighted by Gasteiger charge is -1.89. The molecular formula is C6H10OSi3. The van der Waals surface area contributed by atoms with E-state index < -0.39 is 0 Å². The molecule has 1 aromatic carbocycles. The molecule has 0 radical (unpaired) electrons. The quantitative estimate of drug-likeness (QED) is 0.496. The van der Waals surface area contributed by atoms with E-state index in [4.69, 9.17) is 4.12 Å². The molecule has 0 spiro atoms. The smallest absolute Gasteiger partial charge is 0.182 e. The summed E-state index contributed by atoms with van der Waals surface area (Å²) in [5, 5.41) is 1.48. The Balaban J connectivity index is 2.67. The molecule has 0 saturated carbocycles. The monoisotopic (exact) mass is 182 g/mol. The summed E-state index contributed by atoms with van der Waals surface area (Å²) in [6, 6.07) is 10.6. The molecule has 0 unspecified atom stereocenters. The number of benzene rings is 1. The molecule has 0 saturated heterocycles. The van der Waals surface area contributed by atoms with Crippen molar-refractivity contribution in [2.75, 3.05) is 0 Å². The Bertz CT molecular complexity index is 209. The van der Waals surface area contributed by atoms with Gasteiger partial charge < -0.3 is 4.12 Å². The van der Waals surface area contributed by atoms with Crippen molar-refractivity contribution in [1.82, 2.24) is 0 Å². The molecular weight excluding hydrogens is 172 g/mol. The molecule has 52 valence electrons. The fraction of sp³-hybridized carbons (Fsp3) is 0. The van der Waals surface area contributed by atoms with Gasteiger partial charge in [-0.05, 0) is 5.19 Å². The van der Waals surface area contributed by atoms with Gasteiger partial charge in [0.2, 0.25) is 0 Å². The topological polar surface area (TPSA) is 9.23 Å². The third-order valence-corrected chi connectivity index (χ3v) is 7.20. The van der Waals surface area contributed by atoms with Crippen LogP contribution in [0.15, 0.2) is 30.3 Å². The van der Waals surface area contributed by atoms with Crippen LogP contribution in [0.2, 0.25) is 0 Å². The van der Waals surface area contributed by atoms with E-state index in [0.29, 0.717) is 17.5 Å². The number of hydrogen-bond acceptors (Lipinski definition) is 1. The van der Waals surface area contributed by atoms with E-state index in [1.165, 1.54) is 5.19 Å². The fourth-order valence-corrected chi connectivity index (χ4v) is 4.22. The van der Waals surface area contributed by atoms with Gasteiger partial charge in [-0.3, -0.25) is 0 Å². The molecule has 1 aromatic rings. The Morgan fingerprint density at radius 3 is 2.50 bits per heavy atom. The van der Waals surface area contributed by atoms with Crippen LogP contribution in [-0.4, -0.2) is 28.0 Å². The first-order chi connectivity index (χ1) is 4.93. The minimum atomic E-state index is 0.303. The van der Waals surface area contributed by atoms with Gasteiger partial charge in [0.05, 0.1) is 8.61 Å². The summed E-state index contributed by atoms with van der Waals surface area (Å²) < 4.78 is 5.21. The molecule has 1 nitrogen and oxygen atoms in total. The van der Waals surface area contributed by atoms with Gasteiger partial charge in [-0.1, -0.05) is 30.3 Å². The van der Waals surface area contributed by atoms with Crippen molar-refractivity contribution in [1.29, 1.82) is 0 Å². The largest absolute Gasteiger partial charge is 0.616 e. The Labute approximate surface area is 68.1 Å². The van der Waals surface area contributed by atoms with Gasteiger partial charge >= 0.3 is 0 Å². The molecule has 0 bridgehead atoms. The second-order valence-electron chi connectivity index (χ2n) is 1.95. The molecule has 4 heteroatoms. The third-order valence-electron chi connectivity index (χ3n) is 1.20. The molecule has 0 atom stereocenters. The lowest BCUT2D eigenvalue weighted by Crippen LogP contribution is -2.09. The van der Waals surface area contributed by atoms with Gasteiger partial charge in [-0.2, -0.15) is 0 Å². The second kappa shape index (κ2) is 4.48. The Kier molecular flexibility index (Phi) is 3.48. The van der Waals surface area contributed by atoms with Gasteiger partial charge in [0.1, 0.15) is 0 Å². The van der Waals surface area contributed by atoms with Crippen molar-refractivity contribution < 1.29 is 4.12 Å². The van der Waals surface area contributed by atoms with Gasteiger partial charge in [-0.25, -0.2) is 0 Å². The van der Waals surface area contributed by atoms with E-state index >= 15 is 0 Å². The summed E-state index contributed by atoms with van der Waals surface area (Å²) in [5.41, 5.74) is 0. The molecule has 0 N–H and O–H groups in total. The summed E-state index contributed by atoms with van der Waals surface area (Å²) in [6.45, 7) is 0. The number of hydrogen-bond donors (Lipinski definition) is 0. The highest BCUT2D eigenvalue weighted by Gasteiger charge is 1.80. The summed E-state index contributed by atoms with van der Waals surface area (Å²) in [4.78, 5) is 0. The van der Waals surface area contributed by atoms with Gasteiger partial charge in [0.15, 0.2) is 19.3 Å². The van der Waals surface area contributed by atoms with Crippen molar-refractivity contribution in [2.24, 2.45) is 0 Å². The molecule has 0 amide bonds. The van der Waals surface area contributed by atoms with E-state index in [1.54, 1.807) is 0 Å². The third kappa shape index (κ3) is 2.51. The van der Waals surface area contributed by atoms with Crippen LogP contribution in [0.4, 0.5) is 0 Å². The van der Waals surface area contributed by atoms with Crippen LogP contribution in [0.5, 0.6) is 0 Å². The second-order valence-corrected chi connectivity index (χ2v) is 6.92. The van der Waals surface area contributed by atoms with Crippen molar-refractivity contribution in [3.8, 4) is 0 Å². The number of rotatable bonds is 2. The Morgan fingerprint density at radius 2 is 1.90 bits per heavy atom. The summed E-state index contributed by atoms with van der Waals surface area (Å²) in [7, 11) is 1.65. The van der Waals surface area contributed by atoms with Crippen molar-refractivity contribution in [3.05, 3.63) is 30.3 Å². The maximum atomic E-state index is 5.21. The molecule has 1 rings (SSSR count). The Hall–Kier alpha value is -0.329. The molecule has 0 fully saturated rings. The first-order valence-electron chi connectivity index (χ1n) is 3.18. The van der Waals surface area contributed by atoms with Gasteiger partial charge in [0.25, 0.3) is 0 Å². The lowest BCUT2D eigenvalue weighted by atomic mass is 10.4. The van der Waals surface area contributed by atoms with Crippen molar-refractivity contribution in [3.63, 3.8) is 0 Å². The normalized spacial score (nSPS) is 10.4. The van der Waals surface area contributed by atoms with Crippen LogP contribution in [0, 0.1) is 0 Å². The zero-order chi connectivity index (χ0) is 7.23. The molecule has 10 heavy (non-hydrogen) atoms. The predicted molar refractivity (Wildman–Crippen MR) is 51.4 cm³/mol. The lowest BCUT2D eigenvalue weighted by molar-refractivity contribution is 0.686. The Morgan fingerprint density at radius 1 is 1.20 bits per heavy atom. The first kappa shape index (κ1) is 7.77. The molecule has 0 aliphatic carbocycles. The van der Waals surface area contributed by atoms with Crippen LogP contribution < -0.4 is 5.19 Å². The van der Waals surface area contributed by atoms with Crippen molar-refractivity contribution in [2.45, 2.75) is 0 Å². The van der Waals surface area contributed by atoms with Gasteiger partial charge in [0, 0.05) is 0 Å². The van der Waals surface area contributed by atoms with Crippen LogP contribution in [0.1, 0.15) is 0 Å². The predicted octanol–water partition coefficient (Wildman–Crippen LogP) is -1.69. The highest BCUT2D eigenvalue weighted by Crippen LogP contribution is 1.77. The van der Waals surface area contributed by atoms with E-state index in [0.717, 1.165) is 10.5 Å². The average molecular weight is 182 g/mol. The average Bonchev–Trinajstić information content (AvgIpc) is 2.03. The summed E-state index contributed by atoms with van der Waals surface area (Å²) in [6.07, 6.45) is 0. The van der Waals surface area contributed by atoms with Crippen LogP contribution >= 0.6 is 0 Å². The standard InChI is InChI=1S/C6H10OSi3/c8-7-10-9-6-4-2-1-3-5-6/h1-5,9-10H,8H3. The van der Waals surface area contributed by atoms with Crippen LogP contribution in [0.25, 0.3) is 0 Å². The van der Waals surface area contributed by atoms with Crippen LogP contribution in [-0.2, 0) is 4.12 Å². The molecule has 0 aromatic heterocycles. The minimum Gasteiger partial charge on any atom is -0.616 e. The van der Waals surface area contributed by atoms with Crippen LogP contribution in [0.3, 0.4) is 0 Å². The highest BCUT2D eigenvalue weighted by atomic mass is 28.9. The minimum absolute atomic E-state index is 0.303. The highest BCUT2D eigenvalue weighted by molar-refractivity contribution is 6.79. The SMILES string of the molecule is [SiH3]O[SiH]=[SiH]c1ccccc1. The van der Waals surface area contributed by atoms with Crippen molar-refractivity contribution >= 4 is 33.1 Å². The van der Waals surface area contributed by atoms with Gasteiger partial charge in [-0.15, -0.1) is 0 Å². The fourth-order valence-electron chi connectivity index (χ4n) is 0.711. The summed E-state index contributed by atoms with van der Waals surface area (Å²) >= 11 is 0. The van der Waals surface area contributed by atoms with E-state index in [9.17, 15) is 0 Å². The first-order valence-corrected chi connectivity index (χ1v) is 7.71. The zero-order valence-corrected chi connectivity index (χ0v) is 10.3. The molecule has 0 aliphatic heterocycles. The summed E-state index contributed by atoms with van der Waals surface area (Å²) in [5.74, 6) is 0. The van der Waals surface area contributed by atoms with E-state index in [1.807, 2.05) is 0 Å². The molecule has 0 heterocycles.